The summed E-state index contributed by atoms with van der Waals surface area (Å²) in [5, 5.41) is 18.6. The molecule has 2 N–H and O–H groups in total. The van der Waals surface area contributed by atoms with E-state index in [0.29, 0.717) is 11.8 Å². The minimum atomic E-state index is -1.64. The molecule has 104 valence electrons. The van der Waals surface area contributed by atoms with E-state index in [-0.39, 0.29) is 17.3 Å². The van der Waals surface area contributed by atoms with Crippen molar-refractivity contribution in [1.29, 1.82) is 0 Å². The molecule has 5 heteroatoms. The molecular formula is C14H20BFO3. The number of hydrogen-bond donors (Lipinski definition) is 2. The fourth-order valence-electron chi connectivity index (χ4n) is 2.97. The van der Waals surface area contributed by atoms with Crippen molar-refractivity contribution in [3.05, 3.63) is 24.0 Å². The Morgan fingerprint density at radius 2 is 1.79 bits per heavy atom. The first-order valence-electron chi connectivity index (χ1n) is 6.78. The van der Waals surface area contributed by atoms with Gasteiger partial charge in [-0.3, -0.25) is 0 Å². The number of hydrogen-bond acceptors (Lipinski definition) is 3. The fourth-order valence-corrected chi connectivity index (χ4v) is 2.97. The first-order chi connectivity index (χ1) is 8.95. The zero-order valence-electron chi connectivity index (χ0n) is 11.3. The molecule has 0 radical (unpaired) electrons. The van der Waals surface area contributed by atoms with Gasteiger partial charge in [0.2, 0.25) is 0 Å². The maximum Gasteiger partial charge on any atom is 0.492 e. The molecule has 2 atom stereocenters. The van der Waals surface area contributed by atoms with Crippen LogP contribution in [0.15, 0.2) is 18.2 Å². The van der Waals surface area contributed by atoms with E-state index in [1.54, 1.807) is 0 Å². The second-order valence-corrected chi connectivity index (χ2v) is 5.71. The Labute approximate surface area is 113 Å². The lowest BCUT2D eigenvalue weighted by molar-refractivity contribution is 0.101. The highest BCUT2D eigenvalue weighted by Crippen LogP contribution is 2.31. The summed E-state index contributed by atoms with van der Waals surface area (Å²) in [6.45, 7) is 4.36. The molecule has 0 amide bonds. The zero-order chi connectivity index (χ0) is 14.0. The highest BCUT2D eigenvalue weighted by molar-refractivity contribution is 6.59. The molecule has 0 spiro atoms. The fraction of sp³-hybridized carbons (Fsp3) is 0.571. The SMILES string of the molecule is CC1CC(C)CC(Oc2cc(F)ccc2B(O)O)C1. The zero-order valence-corrected chi connectivity index (χ0v) is 11.3. The van der Waals surface area contributed by atoms with Crippen molar-refractivity contribution in [2.24, 2.45) is 11.8 Å². The van der Waals surface area contributed by atoms with E-state index in [4.69, 9.17) is 4.74 Å². The third-order valence-electron chi connectivity index (χ3n) is 3.68. The van der Waals surface area contributed by atoms with E-state index in [9.17, 15) is 14.4 Å². The minimum Gasteiger partial charge on any atom is -0.491 e. The molecule has 1 saturated carbocycles. The van der Waals surface area contributed by atoms with Crippen LogP contribution in [0, 0.1) is 17.7 Å². The second-order valence-electron chi connectivity index (χ2n) is 5.71. The predicted molar refractivity (Wildman–Crippen MR) is 72.8 cm³/mol. The van der Waals surface area contributed by atoms with Gasteiger partial charge in [0.05, 0.1) is 6.10 Å². The molecule has 0 bridgehead atoms. The molecule has 19 heavy (non-hydrogen) atoms. The average Bonchev–Trinajstić information content (AvgIpc) is 2.26. The molecule has 1 fully saturated rings. The molecule has 0 aromatic heterocycles. The van der Waals surface area contributed by atoms with Gasteiger partial charge in [0.15, 0.2) is 0 Å². The first-order valence-corrected chi connectivity index (χ1v) is 6.78. The van der Waals surface area contributed by atoms with Crippen LogP contribution in [0.4, 0.5) is 4.39 Å². The van der Waals surface area contributed by atoms with Gasteiger partial charge in [0.1, 0.15) is 11.6 Å². The average molecular weight is 266 g/mol. The summed E-state index contributed by atoms with van der Waals surface area (Å²) < 4.78 is 19.1. The summed E-state index contributed by atoms with van der Waals surface area (Å²) in [5.41, 5.74) is 0.215. The second kappa shape index (κ2) is 5.93. The van der Waals surface area contributed by atoms with E-state index in [1.165, 1.54) is 24.6 Å². The van der Waals surface area contributed by atoms with Gasteiger partial charge in [0, 0.05) is 11.5 Å². The lowest BCUT2D eigenvalue weighted by Crippen LogP contribution is -2.35. The Morgan fingerprint density at radius 3 is 2.37 bits per heavy atom. The molecule has 0 saturated heterocycles. The summed E-state index contributed by atoms with van der Waals surface area (Å²) in [5.74, 6) is 0.951. The summed E-state index contributed by atoms with van der Waals surface area (Å²) in [6.07, 6.45) is 3.03. The third-order valence-corrected chi connectivity index (χ3v) is 3.68. The van der Waals surface area contributed by atoms with Crippen LogP contribution >= 0.6 is 0 Å². The molecular weight excluding hydrogens is 246 g/mol. The Balaban J connectivity index is 2.15. The monoisotopic (exact) mass is 266 g/mol. The molecule has 1 aliphatic carbocycles. The summed E-state index contributed by atoms with van der Waals surface area (Å²) >= 11 is 0. The van der Waals surface area contributed by atoms with Gasteiger partial charge >= 0.3 is 7.12 Å². The number of ether oxygens (including phenoxy) is 1. The standard InChI is InChI=1S/C14H20BFO3/c1-9-5-10(2)7-12(6-9)19-14-8-11(16)3-4-13(14)15(17)18/h3-4,8-10,12,17-18H,5-7H2,1-2H3. The summed E-state index contributed by atoms with van der Waals surface area (Å²) in [4.78, 5) is 0. The summed E-state index contributed by atoms with van der Waals surface area (Å²) in [7, 11) is -1.64. The Bertz CT molecular complexity index is 429. The van der Waals surface area contributed by atoms with Crippen molar-refractivity contribution in [3.63, 3.8) is 0 Å². The Kier molecular flexibility index (Phi) is 4.48. The third kappa shape index (κ3) is 3.70. The van der Waals surface area contributed by atoms with Crippen molar-refractivity contribution in [1.82, 2.24) is 0 Å². The Morgan fingerprint density at radius 1 is 1.16 bits per heavy atom. The van der Waals surface area contributed by atoms with Crippen LogP contribution in [0.3, 0.4) is 0 Å². The summed E-state index contributed by atoms with van der Waals surface area (Å²) in [6, 6.07) is 3.78. The van der Waals surface area contributed by atoms with Crippen molar-refractivity contribution >= 4 is 12.6 Å². The molecule has 0 heterocycles. The Hall–Kier alpha value is -1.07. The minimum absolute atomic E-state index is 0.0121. The molecule has 1 aliphatic rings. The first kappa shape index (κ1) is 14.3. The van der Waals surface area contributed by atoms with Gasteiger partial charge < -0.3 is 14.8 Å². The van der Waals surface area contributed by atoms with E-state index >= 15 is 0 Å². The van der Waals surface area contributed by atoms with E-state index in [0.717, 1.165) is 12.8 Å². The molecule has 2 unspecified atom stereocenters. The van der Waals surface area contributed by atoms with Gasteiger partial charge in [-0.2, -0.15) is 0 Å². The molecule has 0 aliphatic heterocycles. The van der Waals surface area contributed by atoms with E-state index in [1.807, 2.05) is 0 Å². The molecule has 2 rings (SSSR count). The van der Waals surface area contributed by atoms with Gasteiger partial charge in [-0.1, -0.05) is 19.9 Å². The van der Waals surface area contributed by atoms with Crippen LogP contribution in [0.1, 0.15) is 33.1 Å². The van der Waals surface area contributed by atoms with Gasteiger partial charge in [-0.05, 0) is 37.2 Å². The maximum absolute atomic E-state index is 13.3. The molecule has 1 aromatic rings. The van der Waals surface area contributed by atoms with Gasteiger partial charge in [-0.15, -0.1) is 0 Å². The number of benzene rings is 1. The van der Waals surface area contributed by atoms with Crippen LogP contribution in [0.25, 0.3) is 0 Å². The van der Waals surface area contributed by atoms with Crippen molar-refractivity contribution in [2.75, 3.05) is 0 Å². The van der Waals surface area contributed by atoms with Crippen LogP contribution in [-0.2, 0) is 0 Å². The topological polar surface area (TPSA) is 49.7 Å². The molecule has 1 aromatic carbocycles. The highest BCUT2D eigenvalue weighted by atomic mass is 19.1. The quantitative estimate of drug-likeness (QED) is 0.819. The van der Waals surface area contributed by atoms with Crippen molar-refractivity contribution in [2.45, 2.75) is 39.2 Å². The van der Waals surface area contributed by atoms with Crippen LogP contribution in [0.5, 0.6) is 5.75 Å². The van der Waals surface area contributed by atoms with Gasteiger partial charge in [-0.25, -0.2) is 4.39 Å². The van der Waals surface area contributed by atoms with Crippen molar-refractivity contribution in [3.8, 4) is 5.75 Å². The predicted octanol–water partition coefficient (Wildman–Crippen LogP) is 1.71. The van der Waals surface area contributed by atoms with E-state index in [2.05, 4.69) is 13.8 Å². The maximum atomic E-state index is 13.3. The lowest BCUT2D eigenvalue weighted by Gasteiger charge is -2.32. The largest absolute Gasteiger partial charge is 0.492 e. The highest BCUT2D eigenvalue weighted by Gasteiger charge is 2.27. The van der Waals surface area contributed by atoms with Crippen LogP contribution in [-0.4, -0.2) is 23.3 Å². The van der Waals surface area contributed by atoms with Crippen LogP contribution in [0.2, 0.25) is 0 Å². The van der Waals surface area contributed by atoms with Gasteiger partial charge in [0.25, 0.3) is 0 Å². The number of rotatable bonds is 3. The number of halogens is 1. The van der Waals surface area contributed by atoms with Crippen LogP contribution < -0.4 is 10.2 Å². The van der Waals surface area contributed by atoms with E-state index < -0.39 is 12.9 Å². The molecule has 3 nitrogen and oxygen atoms in total. The van der Waals surface area contributed by atoms with Crippen molar-refractivity contribution < 1.29 is 19.2 Å². The normalized spacial score (nSPS) is 27.1. The smallest absolute Gasteiger partial charge is 0.491 e. The lowest BCUT2D eigenvalue weighted by atomic mass is 9.79.